The average molecular weight is 337 g/mol. The first-order valence-corrected chi connectivity index (χ1v) is 10.0. The molecule has 3 heterocycles. The van der Waals surface area contributed by atoms with Gasteiger partial charge < -0.3 is 9.80 Å². The van der Waals surface area contributed by atoms with Crippen molar-refractivity contribution in [3.8, 4) is 0 Å². The zero-order valence-corrected chi connectivity index (χ0v) is 15.3. The fraction of sp³-hybridized carbons (Fsp3) is 0.625. The largest absolute Gasteiger partial charge is 0.353 e. The van der Waals surface area contributed by atoms with Crippen LogP contribution in [0, 0.1) is 0 Å². The van der Waals surface area contributed by atoms with E-state index in [4.69, 9.17) is 9.97 Å². The standard InChI is InChI=1S/C16H24N4S2/c1-4-5-6-12-11-13-14(20-9-7-19(2)8-10-20)17-16(21-3)18-15(13)22-12/h11H,4-10H2,1-3H3. The lowest BCUT2D eigenvalue weighted by Gasteiger charge is -2.33. The summed E-state index contributed by atoms with van der Waals surface area (Å²) in [4.78, 5) is 17.0. The van der Waals surface area contributed by atoms with Gasteiger partial charge in [-0.2, -0.15) is 0 Å². The minimum absolute atomic E-state index is 0.894. The van der Waals surface area contributed by atoms with Gasteiger partial charge in [0.05, 0.1) is 5.39 Å². The predicted octanol–water partition coefficient (Wildman–Crippen LogP) is 3.51. The summed E-state index contributed by atoms with van der Waals surface area (Å²) in [6, 6.07) is 2.33. The van der Waals surface area contributed by atoms with Crippen LogP contribution in [0.4, 0.5) is 5.82 Å². The number of thiophene rings is 1. The van der Waals surface area contributed by atoms with Gasteiger partial charge in [0.25, 0.3) is 0 Å². The number of aromatic nitrogens is 2. The number of fused-ring (bicyclic) bond motifs is 1. The molecule has 1 fully saturated rings. The molecule has 6 heteroatoms. The highest BCUT2D eigenvalue weighted by Gasteiger charge is 2.20. The maximum atomic E-state index is 4.83. The Morgan fingerprint density at radius 3 is 2.68 bits per heavy atom. The van der Waals surface area contributed by atoms with Gasteiger partial charge in [-0.25, -0.2) is 9.97 Å². The van der Waals surface area contributed by atoms with Crippen LogP contribution in [0.2, 0.25) is 0 Å². The SMILES string of the molecule is CCCCc1cc2c(N3CCN(C)CC3)nc(SC)nc2s1. The molecule has 3 rings (SSSR count). The zero-order chi connectivity index (χ0) is 15.5. The van der Waals surface area contributed by atoms with E-state index in [9.17, 15) is 0 Å². The molecule has 0 amide bonds. The summed E-state index contributed by atoms with van der Waals surface area (Å²) in [6.45, 7) is 6.56. The van der Waals surface area contributed by atoms with Crippen LogP contribution in [0.1, 0.15) is 24.6 Å². The lowest BCUT2D eigenvalue weighted by molar-refractivity contribution is 0.312. The van der Waals surface area contributed by atoms with Crippen LogP contribution in [0.25, 0.3) is 10.2 Å². The minimum atomic E-state index is 0.894. The van der Waals surface area contributed by atoms with Crippen molar-refractivity contribution >= 4 is 39.1 Å². The maximum Gasteiger partial charge on any atom is 0.190 e. The van der Waals surface area contributed by atoms with Gasteiger partial charge >= 0.3 is 0 Å². The van der Waals surface area contributed by atoms with Crippen molar-refractivity contribution < 1.29 is 0 Å². The second-order valence-electron chi connectivity index (χ2n) is 5.86. The van der Waals surface area contributed by atoms with Crippen molar-refractivity contribution in [1.82, 2.24) is 14.9 Å². The van der Waals surface area contributed by atoms with Crippen molar-refractivity contribution in [2.75, 3.05) is 44.4 Å². The first-order valence-electron chi connectivity index (χ1n) is 7.99. The molecule has 0 bridgehead atoms. The number of rotatable bonds is 5. The van der Waals surface area contributed by atoms with Crippen LogP contribution >= 0.6 is 23.1 Å². The molecule has 0 N–H and O–H groups in total. The third kappa shape index (κ3) is 3.39. The Morgan fingerprint density at radius 1 is 1.23 bits per heavy atom. The Kier molecular flexibility index (Phi) is 5.21. The molecule has 1 saturated heterocycles. The lowest BCUT2D eigenvalue weighted by atomic mass is 10.2. The fourth-order valence-corrected chi connectivity index (χ4v) is 4.24. The van der Waals surface area contributed by atoms with Gasteiger partial charge in [-0.05, 0) is 32.2 Å². The topological polar surface area (TPSA) is 32.3 Å². The van der Waals surface area contributed by atoms with Gasteiger partial charge in [0, 0.05) is 31.1 Å². The van der Waals surface area contributed by atoms with E-state index >= 15 is 0 Å². The summed E-state index contributed by atoms with van der Waals surface area (Å²) in [7, 11) is 2.19. The van der Waals surface area contributed by atoms with Crippen molar-refractivity contribution in [2.24, 2.45) is 0 Å². The summed E-state index contributed by atoms with van der Waals surface area (Å²) in [5, 5.41) is 2.14. The predicted molar refractivity (Wildman–Crippen MR) is 97.5 cm³/mol. The van der Waals surface area contributed by atoms with Crippen LogP contribution in [-0.4, -0.2) is 54.4 Å². The van der Waals surface area contributed by atoms with Gasteiger partial charge in [0.2, 0.25) is 0 Å². The van der Waals surface area contributed by atoms with Gasteiger partial charge in [0.15, 0.2) is 5.16 Å². The van der Waals surface area contributed by atoms with E-state index in [2.05, 4.69) is 36.1 Å². The maximum absolute atomic E-state index is 4.83. The Labute approximate surface area is 140 Å². The first-order chi connectivity index (χ1) is 10.7. The smallest absolute Gasteiger partial charge is 0.190 e. The van der Waals surface area contributed by atoms with Gasteiger partial charge in [0.1, 0.15) is 10.6 Å². The quantitative estimate of drug-likeness (QED) is 0.616. The number of likely N-dealkylation sites (N-methyl/N-ethyl adjacent to an activating group) is 1. The van der Waals surface area contributed by atoms with E-state index in [1.165, 1.54) is 23.1 Å². The van der Waals surface area contributed by atoms with E-state index in [1.54, 1.807) is 11.8 Å². The summed E-state index contributed by atoms with van der Waals surface area (Å²) >= 11 is 3.48. The monoisotopic (exact) mass is 336 g/mol. The molecular weight excluding hydrogens is 312 g/mol. The second-order valence-corrected chi connectivity index (χ2v) is 7.75. The number of unbranched alkanes of at least 4 members (excludes halogenated alkanes) is 1. The summed E-state index contributed by atoms with van der Waals surface area (Å²) < 4.78 is 0. The molecule has 0 atom stereocenters. The average Bonchev–Trinajstić information content (AvgIpc) is 2.95. The van der Waals surface area contributed by atoms with Crippen LogP contribution < -0.4 is 4.90 Å². The summed E-state index contributed by atoms with van der Waals surface area (Å²) in [6.07, 6.45) is 5.70. The second kappa shape index (κ2) is 7.15. The zero-order valence-electron chi connectivity index (χ0n) is 13.6. The highest BCUT2D eigenvalue weighted by molar-refractivity contribution is 7.98. The molecule has 22 heavy (non-hydrogen) atoms. The number of piperazine rings is 1. The van der Waals surface area contributed by atoms with E-state index in [0.29, 0.717) is 0 Å². The Bertz CT molecular complexity index is 632. The first kappa shape index (κ1) is 16.0. The molecule has 0 unspecified atom stereocenters. The Hall–Kier alpha value is -0.850. The molecule has 0 aliphatic carbocycles. The summed E-state index contributed by atoms with van der Waals surface area (Å²) in [5.41, 5.74) is 0. The number of hydrogen-bond donors (Lipinski definition) is 0. The number of nitrogens with zero attached hydrogens (tertiary/aromatic N) is 4. The van der Waals surface area contributed by atoms with Crippen molar-refractivity contribution in [3.05, 3.63) is 10.9 Å². The lowest BCUT2D eigenvalue weighted by Crippen LogP contribution is -2.44. The highest BCUT2D eigenvalue weighted by Crippen LogP contribution is 2.33. The molecule has 0 aromatic carbocycles. The molecule has 120 valence electrons. The van der Waals surface area contributed by atoms with Crippen molar-refractivity contribution in [2.45, 2.75) is 31.3 Å². The van der Waals surface area contributed by atoms with Crippen molar-refractivity contribution in [1.29, 1.82) is 0 Å². The van der Waals surface area contributed by atoms with Gasteiger partial charge in [-0.3, -0.25) is 0 Å². The molecule has 2 aromatic rings. The normalized spacial score (nSPS) is 16.6. The van der Waals surface area contributed by atoms with Crippen LogP contribution in [0.5, 0.6) is 0 Å². The molecule has 1 aliphatic rings. The van der Waals surface area contributed by atoms with E-state index in [0.717, 1.165) is 48.4 Å². The number of anilines is 1. The Morgan fingerprint density at radius 2 is 2.00 bits per heavy atom. The molecular formula is C16H24N4S2. The third-order valence-electron chi connectivity index (χ3n) is 4.17. The number of aryl methyl sites for hydroxylation is 1. The van der Waals surface area contributed by atoms with Crippen LogP contribution in [0.3, 0.4) is 0 Å². The Balaban J connectivity index is 1.97. The van der Waals surface area contributed by atoms with E-state index < -0.39 is 0 Å². The van der Waals surface area contributed by atoms with Crippen LogP contribution in [-0.2, 0) is 6.42 Å². The summed E-state index contributed by atoms with van der Waals surface area (Å²) in [5.74, 6) is 1.14. The molecule has 2 aromatic heterocycles. The van der Waals surface area contributed by atoms with Gasteiger partial charge in [-0.15, -0.1) is 11.3 Å². The minimum Gasteiger partial charge on any atom is -0.353 e. The molecule has 0 saturated carbocycles. The van der Waals surface area contributed by atoms with Crippen LogP contribution in [0.15, 0.2) is 11.2 Å². The third-order valence-corrected chi connectivity index (χ3v) is 5.80. The van der Waals surface area contributed by atoms with E-state index in [1.807, 2.05) is 11.3 Å². The molecule has 4 nitrogen and oxygen atoms in total. The van der Waals surface area contributed by atoms with Crippen molar-refractivity contribution in [3.63, 3.8) is 0 Å². The fourth-order valence-electron chi connectivity index (χ4n) is 2.76. The molecule has 1 aliphatic heterocycles. The molecule has 0 spiro atoms. The van der Waals surface area contributed by atoms with Gasteiger partial charge in [-0.1, -0.05) is 25.1 Å². The molecule has 0 radical (unpaired) electrons. The highest BCUT2D eigenvalue weighted by atomic mass is 32.2. The number of thioether (sulfide) groups is 1. The van der Waals surface area contributed by atoms with E-state index in [-0.39, 0.29) is 0 Å². The number of hydrogen-bond acceptors (Lipinski definition) is 6.